The Kier molecular flexibility index (Phi) is 5.42. The van der Waals surface area contributed by atoms with Crippen LogP contribution >= 0.6 is 0 Å². The molecule has 0 aliphatic rings. The molecule has 2 N–H and O–H groups in total. The van der Waals surface area contributed by atoms with Crippen LogP contribution in [0.3, 0.4) is 0 Å². The van der Waals surface area contributed by atoms with Crippen molar-refractivity contribution in [3.63, 3.8) is 0 Å². The van der Waals surface area contributed by atoms with Crippen LogP contribution in [0.15, 0.2) is 72.3 Å². The third kappa shape index (κ3) is 4.70. The molecule has 3 aromatic carbocycles. The monoisotopic (exact) mass is 370 g/mol. The lowest BCUT2D eigenvalue weighted by atomic mass is 9.90. The molecule has 2 nitrogen and oxygen atoms in total. The highest BCUT2D eigenvalue weighted by Crippen LogP contribution is 2.33. The molecule has 3 rings (SSSR count). The molecule has 3 aromatic rings. The average molecular weight is 370 g/mol. The molecule has 0 saturated carbocycles. The van der Waals surface area contributed by atoms with Crippen LogP contribution < -0.4 is 0 Å². The van der Waals surface area contributed by atoms with E-state index >= 15 is 0 Å². The van der Waals surface area contributed by atoms with Crippen molar-refractivity contribution in [1.29, 1.82) is 0 Å². The molecule has 0 aliphatic carbocycles. The van der Waals surface area contributed by atoms with E-state index < -0.39 is 11.2 Å². The van der Waals surface area contributed by atoms with Crippen LogP contribution in [0.2, 0.25) is 0 Å². The predicted octanol–water partition coefficient (Wildman–Crippen LogP) is 5.44. The molecule has 0 saturated heterocycles. The van der Waals surface area contributed by atoms with Gasteiger partial charge in [0, 0.05) is 5.57 Å². The lowest BCUT2D eigenvalue weighted by Crippen LogP contribution is -2.22. The van der Waals surface area contributed by atoms with Crippen molar-refractivity contribution >= 4 is 16.8 Å². The van der Waals surface area contributed by atoms with Crippen LogP contribution in [0.4, 0.5) is 0 Å². The third-order valence-corrected chi connectivity index (χ3v) is 4.48. The van der Waals surface area contributed by atoms with E-state index in [0.717, 1.165) is 27.5 Å². The zero-order chi connectivity index (χ0) is 20.4. The molecule has 0 fully saturated rings. The second-order valence-corrected chi connectivity index (χ2v) is 8.04. The Labute approximate surface area is 167 Å². The van der Waals surface area contributed by atoms with Crippen molar-refractivity contribution in [3.8, 4) is 23.0 Å². The number of fused-ring (bicyclic) bond motifs is 1. The van der Waals surface area contributed by atoms with Gasteiger partial charge < -0.3 is 10.2 Å². The molecular formula is C26H26O2. The molecule has 0 bridgehead atoms. The Morgan fingerprint density at radius 3 is 2.07 bits per heavy atom. The molecule has 0 amide bonds. The van der Waals surface area contributed by atoms with Crippen LogP contribution in [0.25, 0.3) is 28.0 Å². The minimum absolute atomic E-state index is 0.560. The highest BCUT2D eigenvalue weighted by atomic mass is 16.3. The van der Waals surface area contributed by atoms with Gasteiger partial charge in [-0.15, -0.1) is 0 Å². The maximum atomic E-state index is 10.6. The normalized spacial score (nSPS) is 12.6. The van der Waals surface area contributed by atoms with E-state index in [1.807, 2.05) is 36.4 Å². The first-order valence-electron chi connectivity index (χ1n) is 9.42. The predicted molar refractivity (Wildman–Crippen MR) is 118 cm³/mol. The van der Waals surface area contributed by atoms with Gasteiger partial charge in [0.05, 0.1) is 5.60 Å². The molecule has 0 radical (unpaired) electrons. The van der Waals surface area contributed by atoms with Gasteiger partial charge in [0.1, 0.15) is 5.60 Å². The lowest BCUT2D eigenvalue weighted by Gasteiger charge is -2.19. The molecule has 0 heterocycles. The molecular weight excluding hydrogens is 344 g/mol. The summed E-state index contributed by atoms with van der Waals surface area (Å²) in [4.78, 5) is 0. The van der Waals surface area contributed by atoms with Gasteiger partial charge in [-0.05, 0) is 61.2 Å². The standard InChI is InChI=1S/C26H26O2/c1-25(2,27)17-16-22(26(3,4)28)18-21-14-8-12-20-13-9-15-23(24(20)21)19-10-6-5-7-11-19/h5-15,18,27-28H,1-4H3/b22-18-. The van der Waals surface area contributed by atoms with Crippen molar-refractivity contribution in [2.24, 2.45) is 0 Å². The molecule has 0 aromatic heterocycles. The fraction of sp³-hybridized carbons (Fsp3) is 0.231. The number of rotatable bonds is 3. The number of hydrogen-bond acceptors (Lipinski definition) is 2. The van der Waals surface area contributed by atoms with Gasteiger partial charge in [-0.25, -0.2) is 0 Å². The van der Waals surface area contributed by atoms with E-state index in [4.69, 9.17) is 0 Å². The average Bonchev–Trinajstić information content (AvgIpc) is 2.63. The van der Waals surface area contributed by atoms with Gasteiger partial charge in [0.2, 0.25) is 0 Å². The summed E-state index contributed by atoms with van der Waals surface area (Å²) in [5.41, 5.74) is 1.57. The lowest BCUT2D eigenvalue weighted by molar-refractivity contribution is 0.125. The second-order valence-electron chi connectivity index (χ2n) is 8.04. The first-order valence-corrected chi connectivity index (χ1v) is 9.42. The van der Waals surface area contributed by atoms with Crippen molar-refractivity contribution in [1.82, 2.24) is 0 Å². The molecule has 0 atom stereocenters. The molecule has 0 unspecified atom stereocenters. The highest BCUT2D eigenvalue weighted by molar-refractivity contribution is 6.02. The Morgan fingerprint density at radius 1 is 0.821 bits per heavy atom. The largest absolute Gasteiger partial charge is 0.385 e. The van der Waals surface area contributed by atoms with Crippen LogP contribution in [0.5, 0.6) is 0 Å². The Balaban J connectivity index is 2.27. The van der Waals surface area contributed by atoms with E-state index in [1.54, 1.807) is 27.7 Å². The fourth-order valence-electron chi connectivity index (χ4n) is 3.09. The Bertz CT molecular complexity index is 1060. The highest BCUT2D eigenvalue weighted by Gasteiger charge is 2.19. The number of hydrogen-bond donors (Lipinski definition) is 2. The summed E-state index contributed by atoms with van der Waals surface area (Å²) >= 11 is 0. The van der Waals surface area contributed by atoms with E-state index in [-0.39, 0.29) is 0 Å². The van der Waals surface area contributed by atoms with Gasteiger partial charge >= 0.3 is 0 Å². The van der Waals surface area contributed by atoms with Crippen LogP contribution in [-0.4, -0.2) is 21.4 Å². The molecule has 2 heteroatoms. The van der Waals surface area contributed by atoms with E-state index in [0.29, 0.717) is 5.57 Å². The first-order chi connectivity index (χ1) is 13.1. The van der Waals surface area contributed by atoms with Crippen molar-refractivity contribution in [2.45, 2.75) is 38.9 Å². The van der Waals surface area contributed by atoms with Gasteiger partial charge in [0.25, 0.3) is 0 Å². The van der Waals surface area contributed by atoms with Gasteiger partial charge in [-0.2, -0.15) is 0 Å². The maximum Gasteiger partial charge on any atom is 0.120 e. The zero-order valence-electron chi connectivity index (χ0n) is 16.8. The minimum atomic E-state index is -1.13. The van der Waals surface area contributed by atoms with Crippen molar-refractivity contribution in [2.75, 3.05) is 0 Å². The smallest absolute Gasteiger partial charge is 0.120 e. The Morgan fingerprint density at radius 2 is 1.46 bits per heavy atom. The maximum absolute atomic E-state index is 10.6. The SMILES string of the molecule is CC(C)(O)C#C/C(=C/c1cccc2cccc(-c3ccccc3)c12)C(C)(C)O. The number of aliphatic hydroxyl groups is 2. The van der Waals surface area contributed by atoms with Crippen molar-refractivity contribution < 1.29 is 10.2 Å². The summed E-state index contributed by atoms with van der Waals surface area (Å²) in [7, 11) is 0. The van der Waals surface area contributed by atoms with Crippen LogP contribution in [-0.2, 0) is 0 Å². The minimum Gasteiger partial charge on any atom is -0.385 e. The second kappa shape index (κ2) is 7.64. The van der Waals surface area contributed by atoms with Gasteiger partial charge in [0.15, 0.2) is 0 Å². The fourth-order valence-corrected chi connectivity index (χ4v) is 3.09. The molecule has 0 aliphatic heterocycles. The van der Waals surface area contributed by atoms with E-state index in [2.05, 4.69) is 48.2 Å². The summed E-state index contributed by atoms with van der Waals surface area (Å²) < 4.78 is 0. The summed E-state index contributed by atoms with van der Waals surface area (Å²) in [5.74, 6) is 5.80. The first kappa shape index (κ1) is 19.9. The number of benzene rings is 3. The molecule has 0 spiro atoms. The summed E-state index contributed by atoms with van der Waals surface area (Å²) in [6, 6.07) is 22.7. The summed E-state index contributed by atoms with van der Waals surface area (Å²) in [6.07, 6.45) is 1.92. The van der Waals surface area contributed by atoms with Crippen LogP contribution in [0, 0.1) is 11.8 Å². The quantitative estimate of drug-likeness (QED) is 0.603. The van der Waals surface area contributed by atoms with Crippen LogP contribution in [0.1, 0.15) is 33.3 Å². The molecule has 28 heavy (non-hydrogen) atoms. The van der Waals surface area contributed by atoms with Gasteiger partial charge in [-0.3, -0.25) is 0 Å². The van der Waals surface area contributed by atoms with E-state index in [9.17, 15) is 10.2 Å². The topological polar surface area (TPSA) is 40.5 Å². The summed E-state index contributed by atoms with van der Waals surface area (Å²) in [5, 5.41) is 22.9. The van der Waals surface area contributed by atoms with E-state index in [1.165, 1.54) is 0 Å². The zero-order valence-corrected chi connectivity index (χ0v) is 16.8. The van der Waals surface area contributed by atoms with Gasteiger partial charge in [-0.1, -0.05) is 78.6 Å². The Hall–Kier alpha value is -2.86. The van der Waals surface area contributed by atoms with Crippen molar-refractivity contribution in [3.05, 3.63) is 77.9 Å². The third-order valence-electron chi connectivity index (χ3n) is 4.48. The molecule has 142 valence electrons. The summed E-state index contributed by atoms with van der Waals surface area (Å²) in [6.45, 7) is 6.68.